The van der Waals surface area contributed by atoms with Gasteiger partial charge in [0.05, 0.1) is 0 Å². The Balaban J connectivity index is 1.30. The topological polar surface area (TPSA) is 58.2 Å². The zero-order valence-electron chi connectivity index (χ0n) is 22.3. The fraction of sp³-hybridized carbons (Fsp3) is 0.562. The van der Waals surface area contributed by atoms with Crippen molar-refractivity contribution in [3.63, 3.8) is 0 Å². The van der Waals surface area contributed by atoms with E-state index in [1.807, 2.05) is 26.0 Å². The number of aryl methyl sites for hydroxylation is 2. The van der Waals surface area contributed by atoms with Crippen LogP contribution in [0.3, 0.4) is 0 Å². The molecule has 0 radical (unpaired) electrons. The van der Waals surface area contributed by atoms with Gasteiger partial charge in [0.25, 0.3) is 0 Å². The molecule has 0 unspecified atom stereocenters. The normalized spacial score (nSPS) is 17.1. The molecule has 2 saturated carbocycles. The Hall–Kier alpha value is -2.62. The Kier molecular flexibility index (Phi) is 9.60. The molecule has 4 rings (SSSR count). The average molecular weight is 489 g/mol. The fourth-order valence-electron chi connectivity index (χ4n) is 6.01. The van der Waals surface area contributed by atoms with Crippen molar-refractivity contribution in [3.05, 3.63) is 47.5 Å². The van der Waals surface area contributed by atoms with E-state index in [0.29, 0.717) is 12.8 Å². The highest BCUT2D eigenvalue weighted by molar-refractivity contribution is 5.93. The first-order valence-corrected chi connectivity index (χ1v) is 14.3. The van der Waals surface area contributed by atoms with Crippen LogP contribution in [0.4, 0.5) is 11.4 Å². The first-order valence-electron chi connectivity index (χ1n) is 14.3. The van der Waals surface area contributed by atoms with E-state index in [-0.39, 0.29) is 11.8 Å². The molecule has 2 amide bonds. The molecule has 0 bridgehead atoms. The van der Waals surface area contributed by atoms with E-state index in [9.17, 15) is 9.59 Å². The van der Waals surface area contributed by atoms with Crippen LogP contribution in [0.2, 0.25) is 0 Å². The van der Waals surface area contributed by atoms with Gasteiger partial charge < -0.3 is 10.6 Å². The summed E-state index contributed by atoms with van der Waals surface area (Å²) in [6.45, 7) is 4.10. The van der Waals surface area contributed by atoms with Crippen molar-refractivity contribution in [3.8, 4) is 11.1 Å². The molecule has 2 aromatic carbocycles. The van der Waals surface area contributed by atoms with Crippen LogP contribution >= 0.6 is 0 Å². The Labute approximate surface area is 217 Å². The quantitative estimate of drug-likeness (QED) is 0.371. The zero-order chi connectivity index (χ0) is 25.3. The maximum absolute atomic E-state index is 12.5. The Morgan fingerprint density at radius 3 is 1.39 bits per heavy atom. The molecule has 36 heavy (non-hydrogen) atoms. The molecule has 2 aliphatic carbocycles. The van der Waals surface area contributed by atoms with E-state index in [2.05, 4.69) is 34.9 Å². The second kappa shape index (κ2) is 13.1. The maximum atomic E-state index is 12.5. The summed E-state index contributed by atoms with van der Waals surface area (Å²) in [6, 6.07) is 12.4. The maximum Gasteiger partial charge on any atom is 0.224 e. The van der Waals surface area contributed by atoms with Gasteiger partial charge in [-0.05, 0) is 85.0 Å². The van der Waals surface area contributed by atoms with Gasteiger partial charge in [0.2, 0.25) is 11.8 Å². The highest BCUT2D eigenvalue weighted by atomic mass is 16.2. The Morgan fingerprint density at radius 2 is 1.03 bits per heavy atom. The number of hydrogen-bond acceptors (Lipinski definition) is 2. The predicted molar refractivity (Wildman–Crippen MR) is 150 cm³/mol. The molecular weight excluding hydrogens is 444 g/mol. The van der Waals surface area contributed by atoms with Crippen LogP contribution in [0.15, 0.2) is 36.4 Å². The first-order chi connectivity index (χ1) is 17.5. The average Bonchev–Trinajstić information content (AvgIpc) is 2.90. The molecule has 4 nitrogen and oxygen atoms in total. The van der Waals surface area contributed by atoms with Crippen molar-refractivity contribution < 1.29 is 9.59 Å². The van der Waals surface area contributed by atoms with Crippen molar-refractivity contribution in [1.82, 2.24) is 0 Å². The van der Waals surface area contributed by atoms with Crippen LogP contribution in [0.1, 0.15) is 101 Å². The van der Waals surface area contributed by atoms with E-state index in [0.717, 1.165) is 58.3 Å². The second-order valence-corrected chi connectivity index (χ2v) is 11.2. The summed E-state index contributed by atoms with van der Waals surface area (Å²) in [7, 11) is 0. The lowest BCUT2D eigenvalue weighted by Crippen LogP contribution is -2.15. The highest BCUT2D eigenvalue weighted by Crippen LogP contribution is 2.31. The van der Waals surface area contributed by atoms with Crippen LogP contribution in [0.25, 0.3) is 11.1 Å². The summed E-state index contributed by atoms with van der Waals surface area (Å²) >= 11 is 0. The molecule has 2 aromatic rings. The van der Waals surface area contributed by atoms with Crippen molar-refractivity contribution in [2.45, 2.75) is 104 Å². The van der Waals surface area contributed by atoms with E-state index < -0.39 is 0 Å². The number of carbonyl (C=O) groups is 2. The smallest absolute Gasteiger partial charge is 0.224 e. The van der Waals surface area contributed by atoms with Crippen LogP contribution in [0, 0.1) is 25.7 Å². The first kappa shape index (κ1) is 26.4. The SMILES string of the molecule is Cc1cc(-c2ccc(NC(=O)CCC3CCCCC3)c(C)c2)ccc1NC(=O)CCC1CCCCC1. The molecule has 0 saturated heterocycles. The Bertz CT molecular complexity index is 949. The second-order valence-electron chi connectivity index (χ2n) is 11.2. The number of anilines is 2. The zero-order valence-corrected chi connectivity index (χ0v) is 22.3. The molecular formula is C32H44N2O2. The third kappa shape index (κ3) is 7.69. The van der Waals surface area contributed by atoms with Gasteiger partial charge in [0.1, 0.15) is 0 Å². The van der Waals surface area contributed by atoms with E-state index >= 15 is 0 Å². The summed E-state index contributed by atoms with van der Waals surface area (Å²) in [6.07, 6.45) is 16.3. The fourth-order valence-corrected chi connectivity index (χ4v) is 6.01. The van der Waals surface area contributed by atoms with Crippen molar-refractivity contribution in [2.75, 3.05) is 10.6 Å². The largest absolute Gasteiger partial charge is 0.326 e. The lowest BCUT2D eigenvalue weighted by molar-refractivity contribution is -0.117. The number of amides is 2. The molecule has 0 atom stereocenters. The van der Waals surface area contributed by atoms with Gasteiger partial charge >= 0.3 is 0 Å². The van der Waals surface area contributed by atoms with Gasteiger partial charge in [-0.1, -0.05) is 76.3 Å². The molecule has 0 aromatic heterocycles. The van der Waals surface area contributed by atoms with Crippen molar-refractivity contribution in [1.29, 1.82) is 0 Å². The van der Waals surface area contributed by atoms with Crippen LogP contribution in [-0.4, -0.2) is 11.8 Å². The number of nitrogens with one attached hydrogen (secondary N) is 2. The molecule has 0 spiro atoms. The molecule has 0 heterocycles. The summed E-state index contributed by atoms with van der Waals surface area (Å²) in [5.41, 5.74) is 6.15. The van der Waals surface area contributed by atoms with E-state index in [4.69, 9.17) is 0 Å². The predicted octanol–water partition coefficient (Wildman–Crippen LogP) is 8.57. The molecule has 4 heteroatoms. The van der Waals surface area contributed by atoms with Gasteiger partial charge in [-0.25, -0.2) is 0 Å². The van der Waals surface area contributed by atoms with E-state index in [1.165, 1.54) is 64.2 Å². The van der Waals surface area contributed by atoms with Crippen molar-refractivity contribution in [2.24, 2.45) is 11.8 Å². The van der Waals surface area contributed by atoms with Crippen LogP contribution in [0.5, 0.6) is 0 Å². The lowest BCUT2D eigenvalue weighted by Gasteiger charge is -2.21. The van der Waals surface area contributed by atoms with Crippen LogP contribution in [-0.2, 0) is 9.59 Å². The minimum absolute atomic E-state index is 0.121. The highest BCUT2D eigenvalue weighted by Gasteiger charge is 2.17. The number of benzene rings is 2. The van der Waals surface area contributed by atoms with Gasteiger partial charge in [-0.3, -0.25) is 9.59 Å². The van der Waals surface area contributed by atoms with Gasteiger partial charge in [0.15, 0.2) is 0 Å². The third-order valence-corrected chi connectivity index (χ3v) is 8.34. The number of rotatable bonds is 9. The summed E-state index contributed by atoms with van der Waals surface area (Å²) in [5.74, 6) is 1.69. The minimum atomic E-state index is 0.121. The monoisotopic (exact) mass is 488 g/mol. The van der Waals surface area contributed by atoms with Crippen molar-refractivity contribution >= 4 is 23.2 Å². The minimum Gasteiger partial charge on any atom is -0.326 e. The van der Waals surface area contributed by atoms with Gasteiger partial charge in [-0.15, -0.1) is 0 Å². The van der Waals surface area contributed by atoms with Gasteiger partial charge in [0, 0.05) is 24.2 Å². The molecule has 0 aliphatic heterocycles. The molecule has 194 valence electrons. The van der Waals surface area contributed by atoms with Gasteiger partial charge in [-0.2, -0.15) is 0 Å². The number of hydrogen-bond donors (Lipinski definition) is 2. The van der Waals surface area contributed by atoms with Crippen LogP contribution < -0.4 is 10.6 Å². The third-order valence-electron chi connectivity index (χ3n) is 8.34. The lowest BCUT2D eigenvalue weighted by atomic mass is 9.86. The molecule has 2 N–H and O–H groups in total. The Morgan fingerprint density at radius 1 is 0.639 bits per heavy atom. The number of carbonyl (C=O) groups excluding carboxylic acids is 2. The molecule has 2 fully saturated rings. The summed E-state index contributed by atoms with van der Waals surface area (Å²) < 4.78 is 0. The van der Waals surface area contributed by atoms with E-state index in [1.54, 1.807) is 0 Å². The standard InChI is InChI=1S/C32H44N2O2/c1-23-21-27(15-17-29(23)33-31(35)19-13-25-9-5-3-6-10-25)28-16-18-30(24(2)22-28)34-32(36)20-14-26-11-7-4-8-12-26/h15-18,21-22,25-26H,3-14,19-20H2,1-2H3,(H,33,35)(H,34,36). The summed E-state index contributed by atoms with van der Waals surface area (Å²) in [5, 5.41) is 6.24. The summed E-state index contributed by atoms with van der Waals surface area (Å²) in [4.78, 5) is 25.0. The molecule has 2 aliphatic rings.